The van der Waals surface area contributed by atoms with Crippen molar-refractivity contribution in [2.75, 3.05) is 17.7 Å². The summed E-state index contributed by atoms with van der Waals surface area (Å²) in [6.07, 6.45) is 0.594. The SMILES string of the molecule is O=C(NCCCCl)C(=O)Nc1ccccc1O. The fraction of sp³-hybridized carbons (Fsp3) is 0.273. The average Bonchev–Trinajstić information content (AvgIpc) is 2.32. The summed E-state index contributed by atoms with van der Waals surface area (Å²) in [4.78, 5) is 22.7. The Labute approximate surface area is 104 Å². The molecule has 1 rings (SSSR count). The van der Waals surface area contributed by atoms with E-state index < -0.39 is 11.8 Å². The second kappa shape index (κ2) is 6.75. The molecule has 1 aromatic carbocycles. The van der Waals surface area contributed by atoms with E-state index in [0.29, 0.717) is 18.8 Å². The molecule has 0 atom stereocenters. The fourth-order valence-corrected chi connectivity index (χ4v) is 1.24. The number of nitrogens with one attached hydrogen (secondary N) is 2. The minimum absolute atomic E-state index is 0.0885. The van der Waals surface area contributed by atoms with E-state index in [9.17, 15) is 14.7 Å². The molecule has 6 heteroatoms. The zero-order valence-electron chi connectivity index (χ0n) is 9.07. The van der Waals surface area contributed by atoms with E-state index in [0.717, 1.165) is 0 Å². The highest BCUT2D eigenvalue weighted by Crippen LogP contribution is 2.21. The van der Waals surface area contributed by atoms with Gasteiger partial charge in [0.2, 0.25) is 0 Å². The van der Waals surface area contributed by atoms with Crippen molar-refractivity contribution in [2.45, 2.75) is 6.42 Å². The second-order valence-electron chi connectivity index (χ2n) is 3.27. The highest BCUT2D eigenvalue weighted by Gasteiger charge is 2.14. The van der Waals surface area contributed by atoms with Crippen LogP contribution >= 0.6 is 11.6 Å². The summed E-state index contributed by atoms with van der Waals surface area (Å²) in [6.45, 7) is 0.344. The third-order valence-electron chi connectivity index (χ3n) is 1.95. The summed E-state index contributed by atoms with van der Waals surface area (Å²) in [5.41, 5.74) is 0.199. The number of carbonyl (C=O) groups excluding carboxylic acids is 2. The van der Waals surface area contributed by atoms with Gasteiger partial charge in [-0.2, -0.15) is 0 Å². The maximum absolute atomic E-state index is 11.4. The molecule has 92 valence electrons. The lowest BCUT2D eigenvalue weighted by Gasteiger charge is -2.07. The van der Waals surface area contributed by atoms with Crippen molar-refractivity contribution in [2.24, 2.45) is 0 Å². The molecule has 1 aromatic rings. The molecule has 0 unspecified atom stereocenters. The summed E-state index contributed by atoms with van der Waals surface area (Å²) in [5, 5.41) is 14.1. The van der Waals surface area contributed by atoms with Crippen LogP contribution in [0, 0.1) is 0 Å². The highest BCUT2D eigenvalue weighted by atomic mass is 35.5. The van der Waals surface area contributed by atoms with Crippen molar-refractivity contribution >= 4 is 29.1 Å². The molecule has 0 aromatic heterocycles. The zero-order chi connectivity index (χ0) is 12.7. The molecular formula is C11H13ClN2O3. The first-order chi connectivity index (χ1) is 8.15. The number of phenolic OH excluding ortho intramolecular Hbond substituents is 1. The Morgan fingerprint density at radius 1 is 1.24 bits per heavy atom. The molecule has 0 aliphatic heterocycles. The minimum atomic E-state index is -0.818. The van der Waals surface area contributed by atoms with Crippen molar-refractivity contribution in [1.29, 1.82) is 0 Å². The van der Waals surface area contributed by atoms with Gasteiger partial charge in [0.15, 0.2) is 0 Å². The van der Waals surface area contributed by atoms with E-state index in [1.807, 2.05) is 0 Å². The molecule has 0 aliphatic rings. The van der Waals surface area contributed by atoms with Crippen LogP contribution in [0.3, 0.4) is 0 Å². The Hall–Kier alpha value is -1.75. The van der Waals surface area contributed by atoms with Crippen molar-refractivity contribution in [1.82, 2.24) is 5.32 Å². The highest BCUT2D eigenvalue weighted by molar-refractivity contribution is 6.39. The summed E-state index contributed by atoms with van der Waals surface area (Å²) in [6, 6.07) is 6.17. The summed E-state index contributed by atoms with van der Waals surface area (Å²) < 4.78 is 0. The standard InChI is InChI=1S/C11H13ClN2O3/c12-6-3-7-13-10(16)11(17)14-8-4-1-2-5-9(8)15/h1-2,4-5,15H,3,6-7H2,(H,13,16)(H,14,17). The van der Waals surface area contributed by atoms with Crippen molar-refractivity contribution in [3.05, 3.63) is 24.3 Å². The fourth-order valence-electron chi connectivity index (χ4n) is 1.11. The Morgan fingerprint density at radius 2 is 1.94 bits per heavy atom. The summed E-state index contributed by atoms with van der Waals surface area (Å²) in [5.74, 6) is -1.24. The van der Waals surface area contributed by atoms with Gasteiger partial charge in [-0.3, -0.25) is 9.59 Å². The minimum Gasteiger partial charge on any atom is -0.506 e. The molecule has 0 fully saturated rings. The Balaban J connectivity index is 2.49. The maximum atomic E-state index is 11.4. The molecule has 0 radical (unpaired) electrons. The van der Waals surface area contributed by atoms with Gasteiger partial charge in [-0.15, -0.1) is 11.6 Å². The number of anilines is 1. The third kappa shape index (κ3) is 4.32. The molecule has 0 bridgehead atoms. The first-order valence-corrected chi connectivity index (χ1v) is 5.61. The van der Waals surface area contributed by atoms with Crippen LogP contribution in [0.15, 0.2) is 24.3 Å². The Morgan fingerprint density at radius 3 is 2.59 bits per heavy atom. The van der Waals surface area contributed by atoms with Crippen molar-refractivity contribution < 1.29 is 14.7 Å². The normalized spacial score (nSPS) is 9.71. The van der Waals surface area contributed by atoms with Crippen molar-refractivity contribution in [3.8, 4) is 5.75 Å². The van der Waals surface area contributed by atoms with Crippen LogP contribution in [0.5, 0.6) is 5.75 Å². The van der Waals surface area contributed by atoms with E-state index in [4.69, 9.17) is 11.6 Å². The first kappa shape index (κ1) is 13.3. The van der Waals surface area contributed by atoms with Crippen LogP contribution < -0.4 is 10.6 Å². The molecule has 3 N–H and O–H groups in total. The largest absolute Gasteiger partial charge is 0.506 e. The average molecular weight is 257 g/mol. The zero-order valence-corrected chi connectivity index (χ0v) is 9.83. The lowest BCUT2D eigenvalue weighted by Crippen LogP contribution is -2.36. The second-order valence-corrected chi connectivity index (χ2v) is 3.65. The molecule has 0 saturated carbocycles. The number of phenols is 1. The van der Waals surface area contributed by atoms with Gasteiger partial charge in [0.1, 0.15) is 5.75 Å². The van der Waals surface area contributed by atoms with E-state index in [1.54, 1.807) is 12.1 Å². The maximum Gasteiger partial charge on any atom is 0.313 e. The Bertz CT molecular complexity index is 409. The molecular weight excluding hydrogens is 244 g/mol. The van der Waals surface area contributed by atoms with E-state index in [1.165, 1.54) is 12.1 Å². The number of alkyl halides is 1. The van der Waals surface area contributed by atoms with Gasteiger partial charge in [-0.05, 0) is 18.6 Å². The van der Waals surface area contributed by atoms with Gasteiger partial charge in [-0.25, -0.2) is 0 Å². The van der Waals surface area contributed by atoms with E-state index >= 15 is 0 Å². The number of hydrogen-bond donors (Lipinski definition) is 3. The number of para-hydroxylation sites is 2. The number of aromatic hydroxyl groups is 1. The van der Waals surface area contributed by atoms with Gasteiger partial charge >= 0.3 is 11.8 Å². The molecule has 2 amide bonds. The molecule has 0 heterocycles. The van der Waals surface area contributed by atoms with Crippen LogP contribution in [-0.2, 0) is 9.59 Å². The summed E-state index contributed by atoms with van der Waals surface area (Å²) >= 11 is 5.43. The molecule has 17 heavy (non-hydrogen) atoms. The number of carbonyl (C=O) groups is 2. The molecule has 0 saturated heterocycles. The van der Waals surface area contributed by atoms with Crippen LogP contribution in [0.2, 0.25) is 0 Å². The summed E-state index contributed by atoms with van der Waals surface area (Å²) in [7, 11) is 0. The van der Waals surface area contributed by atoms with E-state index in [2.05, 4.69) is 10.6 Å². The monoisotopic (exact) mass is 256 g/mol. The topological polar surface area (TPSA) is 78.4 Å². The van der Waals surface area contributed by atoms with Gasteiger partial charge < -0.3 is 15.7 Å². The number of benzene rings is 1. The van der Waals surface area contributed by atoms with Crippen LogP contribution in [0.25, 0.3) is 0 Å². The predicted octanol–water partition coefficient (Wildman–Crippen LogP) is 1.08. The van der Waals surface area contributed by atoms with E-state index in [-0.39, 0.29) is 11.4 Å². The van der Waals surface area contributed by atoms with Gasteiger partial charge in [-0.1, -0.05) is 12.1 Å². The van der Waals surface area contributed by atoms with Crippen molar-refractivity contribution in [3.63, 3.8) is 0 Å². The smallest absolute Gasteiger partial charge is 0.313 e. The Kier molecular flexibility index (Phi) is 5.29. The number of amides is 2. The van der Waals surface area contributed by atoms with Crippen LogP contribution in [0.1, 0.15) is 6.42 Å². The van der Waals surface area contributed by atoms with Gasteiger partial charge in [0.25, 0.3) is 0 Å². The quantitative estimate of drug-likeness (QED) is 0.326. The number of rotatable bonds is 4. The van der Waals surface area contributed by atoms with Crippen LogP contribution in [0.4, 0.5) is 5.69 Å². The predicted molar refractivity (Wildman–Crippen MR) is 65.1 cm³/mol. The number of halogens is 1. The third-order valence-corrected chi connectivity index (χ3v) is 2.22. The first-order valence-electron chi connectivity index (χ1n) is 5.08. The molecule has 5 nitrogen and oxygen atoms in total. The molecule has 0 aliphatic carbocycles. The van der Waals surface area contributed by atoms with Gasteiger partial charge in [0, 0.05) is 12.4 Å². The van der Waals surface area contributed by atoms with Crippen LogP contribution in [-0.4, -0.2) is 29.3 Å². The molecule has 0 spiro atoms. The lowest BCUT2D eigenvalue weighted by molar-refractivity contribution is -0.136. The lowest BCUT2D eigenvalue weighted by atomic mass is 10.3. The number of hydrogen-bond acceptors (Lipinski definition) is 3. The van der Waals surface area contributed by atoms with Gasteiger partial charge in [0.05, 0.1) is 5.69 Å².